The van der Waals surface area contributed by atoms with Gasteiger partial charge < -0.3 is 0 Å². The molecule has 2 aromatic rings. The minimum atomic E-state index is -0.713. The highest BCUT2D eigenvalue weighted by molar-refractivity contribution is 5.31. The first-order chi connectivity index (χ1) is 7.20. The standard InChI is InChI=1S/C9H8F2N4/c1-2-9-12-14-15(13-9)8-4-3-6(10)5-7(8)11/h3-5H,2H2,1H3. The van der Waals surface area contributed by atoms with Crippen molar-refractivity contribution >= 4 is 0 Å². The fraction of sp³-hybridized carbons (Fsp3) is 0.222. The molecule has 2 rings (SSSR count). The molecule has 15 heavy (non-hydrogen) atoms. The number of nitrogens with zero attached hydrogens (tertiary/aromatic N) is 4. The van der Waals surface area contributed by atoms with Gasteiger partial charge in [0, 0.05) is 12.5 Å². The average molecular weight is 210 g/mol. The third-order valence-electron chi connectivity index (χ3n) is 1.90. The normalized spacial score (nSPS) is 10.6. The molecule has 0 aliphatic carbocycles. The lowest BCUT2D eigenvalue weighted by atomic mass is 10.3. The van der Waals surface area contributed by atoms with E-state index >= 15 is 0 Å². The summed E-state index contributed by atoms with van der Waals surface area (Å²) < 4.78 is 25.9. The third kappa shape index (κ3) is 1.83. The van der Waals surface area contributed by atoms with Gasteiger partial charge in [0.25, 0.3) is 0 Å². The van der Waals surface area contributed by atoms with Crippen LogP contribution < -0.4 is 0 Å². The molecule has 1 aromatic heterocycles. The van der Waals surface area contributed by atoms with E-state index in [-0.39, 0.29) is 5.69 Å². The molecule has 0 radical (unpaired) electrons. The molecule has 0 bridgehead atoms. The van der Waals surface area contributed by atoms with Crippen molar-refractivity contribution in [2.75, 3.05) is 0 Å². The first-order valence-electron chi connectivity index (χ1n) is 4.45. The molecule has 0 aliphatic heterocycles. The molecule has 0 spiro atoms. The molecule has 4 nitrogen and oxygen atoms in total. The van der Waals surface area contributed by atoms with Crippen molar-refractivity contribution in [2.24, 2.45) is 0 Å². The van der Waals surface area contributed by atoms with Gasteiger partial charge in [-0.25, -0.2) is 8.78 Å². The minimum Gasteiger partial charge on any atom is -0.207 e. The molecule has 78 valence electrons. The Morgan fingerprint density at radius 3 is 2.73 bits per heavy atom. The van der Waals surface area contributed by atoms with Crippen LogP contribution in [-0.2, 0) is 6.42 Å². The van der Waals surface area contributed by atoms with Crippen molar-refractivity contribution in [1.29, 1.82) is 0 Å². The lowest BCUT2D eigenvalue weighted by Crippen LogP contribution is -2.02. The van der Waals surface area contributed by atoms with Gasteiger partial charge in [-0.3, -0.25) is 0 Å². The van der Waals surface area contributed by atoms with E-state index in [1.165, 1.54) is 6.07 Å². The maximum Gasteiger partial charge on any atom is 0.174 e. The lowest BCUT2D eigenvalue weighted by Gasteiger charge is -1.99. The summed E-state index contributed by atoms with van der Waals surface area (Å²) >= 11 is 0. The summed E-state index contributed by atoms with van der Waals surface area (Å²) in [4.78, 5) is 1.05. The Morgan fingerprint density at radius 1 is 1.33 bits per heavy atom. The van der Waals surface area contributed by atoms with Gasteiger partial charge in [-0.05, 0) is 17.3 Å². The topological polar surface area (TPSA) is 43.6 Å². The second-order valence-corrected chi connectivity index (χ2v) is 2.94. The van der Waals surface area contributed by atoms with Gasteiger partial charge >= 0.3 is 0 Å². The molecule has 0 fully saturated rings. The Bertz CT molecular complexity index is 481. The molecule has 0 amide bonds. The highest BCUT2D eigenvalue weighted by Crippen LogP contribution is 2.12. The van der Waals surface area contributed by atoms with Crippen molar-refractivity contribution in [3.63, 3.8) is 0 Å². The Labute approximate surface area is 84.5 Å². The molecule has 0 saturated heterocycles. The summed E-state index contributed by atoms with van der Waals surface area (Å²) in [5.41, 5.74) is 0.0867. The van der Waals surface area contributed by atoms with E-state index in [1.54, 1.807) is 0 Å². The first kappa shape index (κ1) is 9.70. The molecule has 0 unspecified atom stereocenters. The van der Waals surface area contributed by atoms with Crippen LogP contribution in [-0.4, -0.2) is 20.2 Å². The van der Waals surface area contributed by atoms with Gasteiger partial charge in [0.05, 0.1) is 0 Å². The van der Waals surface area contributed by atoms with Crippen LogP contribution in [0.15, 0.2) is 18.2 Å². The van der Waals surface area contributed by atoms with E-state index in [0.717, 1.165) is 16.9 Å². The van der Waals surface area contributed by atoms with Crippen molar-refractivity contribution < 1.29 is 8.78 Å². The number of tetrazole rings is 1. The van der Waals surface area contributed by atoms with Gasteiger partial charge in [0.2, 0.25) is 0 Å². The van der Waals surface area contributed by atoms with E-state index in [0.29, 0.717) is 12.2 Å². The number of benzene rings is 1. The van der Waals surface area contributed by atoms with E-state index < -0.39 is 11.6 Å². The lowest BCUT2D eigenvalue weighted by molar-refractivity contribution is 0.562. The van der Waals surface area contributed by atoms with Crippen LogP contribution >= 0.6 is 0 Å². The highest BCUT2D eigenvalue weighted by atomic mass is 19.1. The Hall–Kier alpha value is -1.85. The molecule has 0 N–H and O–H groups in total. The van der Waals surface area contributed by atoms with Gasteiger partial charge in [0.15, 0.2) is 11.6 Å². The van der Waals surface area contributed by atoms with Crippen molar-refractivity contribution in [2.45, 2.75) is 13.3 Å². The quantitative estimate of drug-likeness (QED) is 0.754. The summed E-state index contributed by atoms with van der Waals surface area (Å²) in [6, 6.07) is 3.20. The third-order valence-corrected chi connectivity index (χ3v) is 1.90. The smallest absolute Gasteiger partial charge is 0.174 e. The van der Waals surface area contributed by atoms with Gasteiger partial charge in [-0.1, -0.05) is 6.92 Å². The molecule has 0 saturated carbocycles. The zero-order chi connectivity index (χ0) is 10.8. The van der Waals surface area contributed by atoms with E-state index in [1.807, 2.05) is 6.92 Å². The zero-order valence-corrected chi connectivity index (χ0v) is 7.98. The van der Waals surface area contributed by atoms with Crippen molar-refractivity contribution in [1.82, 2.24) is 20.2 Å². The van der Waals surface area contributed by atoms with Crippen LogP contribution in [0.2, 0.25) is 0 Å². The summed E-state index contributed by atoms with van der Waals surface area (Å²) in [7, 11) is 0. The number of aromatic nitrogens is 4. The van der Waals surface area contributed by atoms with Crippen LogP contribution in [0, 0.1) is 11.6 Å². The van der Waals surface area contributed by atoms with E-state index in [4.69, 9.17) is 0 Å². The monoisotopic (exact) mass is 210 g/mol. The van der Waals surface area contributed by atoms with Gasteiger partial charge in [0.1, 0.15) is 11.5 Å². The summed E-state index contributed by atoms with van der Waals surface area (Å²) in [5, 5.41) is 11.3. The number of rotatable bonds is 2. The highest BCUT2D eigenvalue weighted by Gasteiger charge is 2.09. The first-order valence-corrected chi connectivity index (χ1v) is 4.45. The number of halogens is 2. The summed E-state index contributed by atoms with van der Waals surface area (Å²) in [6.07, 6.45) is 0.614. The maximum atomic E-state index is 13.3. The largest absolute Gasteiger partial charge is 0.207 e. The van der Waals surface area contributed by atoms with Crippen molar-refractivity contribution in [3.05, 3.63) is 35.7 Å². The number of hydrogen-bond acceptors (Lipinski definition) is 3. The summed E-state index contributed by atoms with van der Waals surface area (Å²) in [6.45, 7) is 1.86. The molecule has 1 heterocycles. The van der Waals surface area contributed by atoms with Crippen LogP contribution in [0.3, 0.4) is 0 Å². The predicted octanol–water partition coefficient (Wildman–Crippen LogP) is 1.50. The van der Waals surface area contributed by atoms with Crippen LogP contribution in [0.4, 0.5) is 8.78 Å². The fourth-order valence-electron chi connectivity index (χ4n) is 1.13. The van der Waals surface area contributed by atoms with Gasteiger partial charge in [-0.2, -0.15) is 0 Å². The van der Waals surface area contributed by atoms with E-state index in [2.05, 4.69) is 15.4 Å². The molecular formula is C9H8F2N4. The summed E-state index contributed by atoms with van der Waals surface area (Å²) in [5.74, 6) is -0.833. The molecule has 6 heteroatoms. The van der Waals surface area contributed by atoms with Gasteiger partial charge in [-0.15, -0.1) is 15.0 Å². The minimum absolute atomic E-state index is 0.0867. The predicted molar refractivity (Wildman–Crippen MR) is 48.4 cm³/mol. The van der Waals surface area contributed by atoms with Crippen LogP contribution in [0.25, 0.3) is 5.69 Å². The molecule has 0 aliphatic rings. The molecule has 1 aromatic carbocycles. The molecular weight excluding hydrogens is 202 g/mol. The second-order valence-electron chi connectivity index (χ2n) is 2.94. The number of aryl methyl sites for hydroxylation is 1. The van der Waals surface area contributed by atoms with Crippen LogP contribution in [0.1, 0.15) is 12.7 Å². The van der Waals surface area contributed by atoms with E-state index in [9.17, 15) is 8.78 Å². The fourth-order valence-corrected chi connectivity index (χ4v) is 1.13. The Kier molecular flexibility index (Phi) is 2.40. The Balaban J connectivity index is 2.44. The number of hydrogen-bond donors (Lipinski definition) is 0. The van der Waals surface area contributed by atoms with Crippen molar-refractivity contribution in [3.8, 4) is 5.69 Å². The van der Waals surface area contributed by atoms with Crippen LogP contribution in [0.5, 0.6) is 0 Å². The molecule has 0 atom stereocenters. The maximum absolute atomic E-state index is 13.3. The second kappa shape index (κ2) is 3.72. The zero-order valence-electron chi connectivity index (χ0n) is 7.98. The Morgan fingerprint density at radius 2 is 2.13 bits per heavy atom. The SMILES string of the molecule is CCc1nnn(-c2ccc(F)cc2F)n1. The average Bonchev–Trinajstić information content (AvgIpc) is 2.66.